The van der Waals surface area contributed by atoms with Crippen LogP contribution in [0.2, 0.25) is 0 Å². The van der Waals surface area contributed by atoms with E-state index in [4.69, 9.17) is 4.74 Å². The number of piperidine rings is 1. The molecule has 1 aliphatic rings. The summed E-state index contributed by atoms with van der Waals surface area (Å²) in [4.78, 5) is 32.9. The molecule has 0 saturated carbocycles. The molecule has 1 aliphatic heterocycles. The zero-order valence-corrected chi connectivity index (χ0v) is 18.4. The standard InChI is InChI=1S/C22H23N3O3S2/c1-15-14-29-22(23-15)24-21(27)20-17(12-18(30-20)16-8-4-2-5-9-16)28-13-19(26)25-10-6-3-7-11-25/h2,4-5,8-9,12,14H,3,6-7,10-11,13H2,1H3,(H,23,24,27). The van der Waals surface area contributed by atoms with Crippen LogP contribution in [0.5, 0.6) is 5.75 Å². The molecule has 1 fully saturated rings. The lowest BCUT2D eigenvalue weighted by molar-refractivity contribution is -0.134. The number of anilines is 1. The number of nitrogens with zero attached hydrogens (tertiary/aromatic N) is 2. The fourth-order valence-electron chi connectivity index (χ4n) is 3.32. The van der Waals surface area contributed by atoms with Gasteiger partial charge in [-0.2, -0.15) is 0 Å². The molecule has 30 heavy (non-hydrogen) atoms. The van der Waals surface area contributed by atoms with Gasteiger partial charge in [0.15, 0.2) is 11.7 Å². The normalized spacial score (nSPS) is 13.8. The van der Waals surface area contributed by atoms with Crippen LogP contribution in [-0.4, -0.2) is 41.4 Å². The second-order valence-electron chi connectivity index (χ2n) is 7.15. The number of benzene rings is 1. The molecule has 8 heteroatoms. The molecule has 0 radical (unpaired) electrons. The van der Waals surface area contributed by atoms with Crippen LogP contribution in [0.4, 0.5) is 5.13 Å². The van der Waals surface area contributed by atoms with E-state index in [1.165, 1.54) is 22.7 Å². The summed E-state index contributed by atoms with van der Waals surface area (Å²) in [6.07, 6.45) is 3.22. The number of amides is 2. The summed E-state index contributed by atoms with van der Waals surface area (Å²) in [6, 6.07) is 11.7. The maximum atomic E-state index is 12.9. The minimum absolute atomic E-state index is 0.0379. The van der Waals surface area contributed by atoms with Crippen molar-refractivity contribution in [3.05, 3.63) is 52.3 Å². The molecule has 0 aliphatic carbocycles. The number of aromatic nitrogens is 1. The quantitative estimate of drug-likeness (QED) is 0.595. The Bertz CT molecular complexity index is 1020. The van der Waals surface area contributed by atoms with Crippen molar-refractivity contribution < 1.29 is 14.3 Å². The van der Waals surface area contributed by atoms with Crippen LogP contribution in [0.3, 0.4) is 0 Å². The highest BCUT2D eigenvalue weighted by molar-refractivity contribution is 7.18. The van der Waals surface area contributed by atoms with Crippen molar-refractivity contribution in [3.8, 4) is 16.2 Å². The summed E-state index contributed by atoms with van der Waals surface area (Å²) in [5, 5.41) is 5.27. The van der Waals surface area contributed by atoms with Gasteiger partial charge in [-0.1, -0.05) is 30.3 Å². The molecular weight excluding hydrogens is 418 g/mol. The maximum absolute atomic E-state index is 12.9. The largest absolute Gasteiger partial charge is 0.482 e. The third-order valence-corrected chi connectivity index (χ3v) is 6.90. The van der Waals surface area contributed by atoms with E-state index in [2.05, 4.69) is 10.3 Å². The molecule has 4 rings (SSSR count). The molecule has 0 bridgehead atoms. The molecule has 1 aromatic carbocycles. The van der Waals surface area contributed by atoms with Gasteiger partial charge in [-0.05, 0) is 37.8 Å². The molecule has 2 amide bonds. The Morgan fingerprint density at radius 2 is 1.93 bits per heavy atom. The summed E-state index contributed by atoms with van der Waals surface area (Å²) in [5.74, 6) is 0.107. The third-order valence-electron chi connectivity index (χ3n) is 4.86. The second kappa shape index (κ2) is 9.40. The van der Waals surface area contributed by atoms with E-state index in [-0.39, 0.29) is 18.4 Å². The highest BCUT2D eigenvalue weighted by Gasteiger charge is 2.22. The summed E-state index contributed by atoms with van der Waals surface area (Å²) < 4.78 is 5.86. The molecule has 0 unspecified atom stereocenters. The second-order valence-corrected chi connectivity index (χ2v) is 9.06. The first-order chi connectivity index (χ1) is 14.6. The number of rotatable bonds is 6. The maximum Gasteiger partial charge on any atom is 0.271 e. The van der Waals surface area contributed by atoms with Crippen LogP contribution in [0.15, 0.2) is 41.8 Å². The molecule has 3 heterocycles. The lowest BCUT2D eigenvalue weighted by atomic mass is 10.1. The van der Waals surface area contributed by atoms with E-state index in [9.17, 15) is 9.59 Å². The molecule has 2 aromatic heterocycles. The lowest BCUT2D eigenvalue weighted by Gasteiger charge is -2.26. The number of thiazole rings is 1. The molecule has 0 atom stereocenters. The predicted molar refractivity (Wildman–Crippen MR) is 120 cm³/mol. The third kappa shape index (κ3) is 4.88. The van der Waals surface area contributed by atoms with Gasteiger partial charge in [0.2, 0.25) is 0 Å². The Balaban J connectivity index is 1.54. The average Bonchev–Trinajstić information content (AvgIpc) is 3.39. The van der Waals surface area contributed by atoms with Crippen molar-refractivity contribution in [2.75, 3.05) is 25.0 Å². The van der Waals surface area contributed by atoms with Crippen LogP contribution >= 0.6 is 22.7 Å². The molecule has 6 nitrogen and oxygen atoms in total. The van der Waals surface area contributed by atoms with E-state index < -0.39 is 0 Å². The minimum Gasteiger partial charge on any atom is -0.482 e. The number of carbonyl (C=O) groups excluding carboxylic acids is 2. The Morgan fingerprint density at radius 1 is 1.17 bits per heavy atom. The molecule has 0 spiro atoms. The highest BCUT2D eigenvalue weighted by atomic mass is 32.1. The Kier molecular flexibility index (Phi) is 6.44. The van der Waals surface area contributed by atoms with Gasteiger partial charge in [-0.15, -0.1) is 22.7 Å². The Labute approximate surface area is 183 Å². The van der Waals surface area contributed by atoms with Gasteiger partial charge in [0.1, 0.15) is 10.6 Å². The summed E-state index contributed by atoms with van der Waals surface area (Å²) >= 11 is 2.73. The predicted octanol–water partition coefficient (Wildman–Crippen LogP) is 4.82. The summed E-state index contributed by atoms with van der Waals surface area (Å²) in [7, 11) is 0. The number of hydrogen-bond donors (Lipinski definition) is 1. The number of aryl methyl sites for hydroxylation is 1. The summed E-state index contributed by atoms with van der Waals surface area (Å²) in [5.41, 5.74) is 1.86. The molecule has 156 valence electrons. The van der Waals surface area contributed by atoms with E-state index in [1.54, 1.807) is 0 Å². The molecular formula is C22H23N3O3S2. The van der Waals surface area contributed by atoms with Gasteiger partial charge in [0, 0.05) is 23.3 Å². The van der Waals surface area contributed by atoms with Gasteiger partial charge in [-0.25, -0.2) is 4.98 Å². The topological polar surface area (TPSA) is 71.5 Å². The number of carbonyl (C=O) groups is 2. The Hall–Kier alpha value is -2.71. The van der Waals surface area contributed by atoms with E-state index in [1.807, 2.05) is 53.6 Å². The van der Waals surface area contributed by atoms with E-state index >= 15 is 0 Å². The van der Waals surface area contributed by atoms with Crippen LogP contribution in [0.25, 0.3) is 10.4 Å². The van der Waals surface area contributed by atoms with Gasteiger partial charge in [-0.3, -0.25) is 14.9 Å². The first kappa shape index (κ1) is 20.6. The number of likely N-dealkylation sites (tertiary alicyclic amines) is 1. The van der Waals surface area contributed by atoms with Crippen molar-refractivity contribution in [1.29, 1.82) is 0 Å². The summed E-state index contributed by atoms with van der Waals surface area (Å²) in [6.45, 7) is 3.36. The van der Waals surface area contributed by atoms with Gasteiger partial charge >= 0.3 is 0 Å². The van der Waals surface area contributed by atoms with Crippen LogP contribution < -0.4 is 10.1 Å². The number of hydrogen-bond acceptors (Lipinski definition) is 6. The van der Waals surface area contributed by atoms with Crippen molar-refractivity contribution >= 4 is 39.6 Å². The van der Waals surface area contributed by atoms with E-state index in [0.29, 0.717) is 15.8 Å². The van der Waals surface area contributed by atoms with Crippen molar-refractivity contribution in [2.24, 2.45) is 0 Å². The fourth-order valence-corrected chi connectivity index (χ4v) is 5.01. The van der Waals surface area contributed by atoms with Gasteiger partial charge in [0.25, 0.3) is 11.8 Å². The Morgan fingerprint density at radius 3 is 2.63 bits per heavy atom. The fraction of sp³-hybridized carbons (Fsp3) is 0.318. The van der Waals surface area contributed by atoms with Crippen molar-refractivity contribution in [3.63, 3.8) is 0 Å². The van der Waals surface area contributed by atoms with Crippen LogP contribution in [0.1, 0.15) is 34.6 Å². The van der Waals surface area contributed by atoms with Crippen LogP contribution in [0, 0.1) is 6.92 Å². The lowest BCUT2D eigenvalue weighted by Crippen LogP contribution is -2.38. The minimum atomic E-state index is -0.281. The molecule has 1 N–H and O–H groups in total. The SMILES string of the molecule is Cc1csc(NC(=O)c2sc(-c3ccccc3)cc2OCC(=O)N2CCCCC2)n1. The monoisotopic (exact) mass is 441 g/mol. The number of thiophene rings is 1. The first-order valence-electron chi connectivity index (χ1n) is 9.93. The number of ether oxygens (including phenoxy) is 1. The zero-order valence-electron chi connectivity index (χ0n) is 16.7. The van der Waals surface area contributed by atoms with Gasteiger partial charge < -0.3 is 9.64 Å². The molecule has 1 saturated heterocycles. The van der Waals surface area contributed by atoms with Crippen molar-refractivity contribution in [1.82, 2.24) is 9.88 Å². The van der Waals surface area contributed by atoms with E-state index in [0.717, 1.165) is 48.5 Å². The smallest absolute Gasteiger partial charge is 0.271 e. The average molecular weight is 442 g/mol. The number of nitrogens with one attached hydrogen (secondary N) is 1. The molecule has 3 aromatic rings. The highest BCUT2D eigenvalue weighted by Crippen LogP contribution is 2.37. The first-order valence-corrected chi connectivity index (χ1v) is 11.6. The van der Waals surface area contributed by atoms with Gasteiger partial charge in [0.05, 0.1) is 5.69 Å². The zero-order chi connectivity index (χ0) is 20.9. The van der Waals surface area contributed by atoms with Crippen LogP contribution in [-0.2, 0) is 4.79 Å². The van der Waals surface area contributed by atoms with Crippen molar-refractivity contribution in [2.45, 2.75) is 26.2 Å².